The highest BCUT2D eigenvalue weighted by Gasteiger charge is 2.21. The summed E-state index contributed by atoms with van der Waals surface area (Å²) in [6.07, 6.45) is -1.74. The third-order valence-electron chi connectivity index (χ3n) is 1.97. The largest absolute Gasteiger partial charge is 0.374 e. The second-order valence-corrected chi connectivity index (χ2v) is 5.16. The molecule has 8 heteroatoms. The zero-order valence-corrected chi connectivity index (χ0v) is 12.6. The Kier molecular flexibility index (Phi) is 5.65. The molecule has 0 fully saturated rings. The van der Waals surface area contributed by atoms with Crippen molar-refractivity contribution in [3.63, 3.8) is 0 Å². The van der Waals surface area contributed by atoms with Crippen LogP contribution in [-0.2, 0) is 0 Å². The average molecular weight is 334 g/mol. The van der Waals surface area contributed by atoms with Crippen LogP contribution in [0.4, 0.5) is 11.4 Å². The van der Waals surface area contributed by atoms with Crippen molar-refractivity contribution in [2.45, 2.75) is 26.3 Å². The van der Waals surface area contributed by atoms with E-state index in [9.17, 15) is 10.2 Å². The molecule has 0 bridgehead atoms. The van der Waals surface area contributed by atoms with Gasteiger partial charge >= 0.3 is 0 Å². The fourth-order valence-corrected chi connectivity index (χ4v) is 2.37. The van der Waals surface area contributed by atoms with Crippen LogP contribution in [0.15, 0.2) is 0 Å². The quantitative estimate of drug-likeness (QED) is 0.500. The smallest absolute Gasteiger partial charge is 0.121 e. The van der Waals surface area contributed by atoms with Gasteiger partial charge in [-0.2, -0.15) is 0 Å². The van der Waals surface area contributed by atoms with Crippen LogP contribution >= 0.6 is 46.4 Å². The highest BCUT2D eigenvalue weighted by atomic mass is 35.5. The Morgan fingerprint density at radius 3 is 1.11 bits per heavy atom. The van der Waals surface area contributed by atoms with Crippen molar-refractivity contribution in [1.82, 2.24) is 0 Å². The summed E-state index contributed by atoms with van der Waals surface area (Å²) in [7, 11) is 0. The maximum absolute atomic E-state index is 9.28. The van der Waals surface area contributed by atoms with E-state index in [1.54, 1.807) is 0 Å². The Morgan fingerprint density at radius 1 is 0.722 bits per heavy atom. The Hall–Kier alpha value is -0.100. The van der Waals surface area contributed by atoms with Gasteiger partial charge in [-0.05, 0) is 13.8 Å². The number of rotatable bonds is 4. The van der Waals surface area contributed by atoms with Crippen LogP contribution in [0.1, 0.15) is 13.8 Å². The fourth-order valence-electron chi connectivity index (χ4n) is 1.30. The van der Waals surface area contributed by atoms with Crippen LogP contribution in [0.3, 0.4) is 0 Å². The molecule has 1 aromatic rings. The van der Waals surface area contributed by atoms with Crippen molar-refractivity contribution in [3.8, 4) is 0 Å². The Balaban J connectivity index is 3.35. The lowest BCUT2D eigenvalue weighted by molar-refractivity contribution is 0.223. The summed E-state index contributed by atoms with van der Waals surface area (Å²) in [4.78, 5) is 0. The second kappa shape index (κ2) is 6.37. The van der Waals surface area contributed by atoms with Crippen LogP contribution in [0.25, 0.3) is 0 Å². The molecule has 18 heavy (non-hydrogen) atoms. The van der Waals surface area contributed by atoms with E-state index in [2.05, 4.69) is 10.6 Å². The molecule has 2 unspecified atom stereocenters. The fraction of sp³-hybridized carbons (Fsp3) is 0.400. The van der Waals surface area contributed by atoms with Gasteiger partial charge in [0.2, 0.25) is 0 Å². The van der Waals surface area contributed by atoms with E-state index < -0.39 is 12.5 Å². The van der Waals surface area contributed by atoms with Gasteiger partial charge in [0.05, 0.1) is 31.5 Å². The first-order valence-corrected chi connectivity index (χ1v) is 6.52. The van der Waals surface area contributed by atoms with Gasteiger partial charge in [-0.25, -0.2) is 0 Å². The van der Waals surface area contributed by atoms with Crippen molar-refractivity contribution in [3.05, 3.63) is 20.1 Å². The van der Waals surface area contributed by atoms with Gasteiger partial charge in [0.1, 0.15) is 12.5 Å². The SMILES string of the molecule is CC(O)Nc1c(Cl)c(Cl)c(NC(C)O)c(Cl)c1Cl. The molecule has 0 aliphatic rings. The van der Waals surface area contributed by atoms with Crippen LogP contribution < -0.4 is 10.6 Å². The molecule has 0 radical (unpaired) electrons. The number of aliphatic hydroxyl groups excluding tert-OH is 2. The van der Waals surface area contributed by atoms with Gasteiger partial charge in [0, 0.05) is 0 Å². The first-order chi connectivity index (χ1) is 8.25. The van der Waals surface area contributed by atoms with Gasteiger partial charge in [-0.1, -0.05) is 46.4 Å². The Bertz CT molecular complexity index is 382. The number of anilines is 2. The minimum Gasteiger partial charge on any atom is -0.374 e. The van der Waals surface area contributed by atoms with Gasteiger partial charge in [-0.3, -0.25) is 0 Å². The predicted molar refractivity (Wildman–Crippen MR) is 77.1 cm³/mol. The van der Waals surface area contributed by atoms with Crippen molar-refractivity contribution < 1.29 is 10.2 Å². The first-order valence-electron chi connectivity index (χ1n) is 5.00. The molecule has 4 nitrogen and oxygen atoms in total. The first kappa shape index (κ1) is 16.0. The summed E-state index contributed by atoms with van der Waals surface area (Å²) >= 11 is 24.1. The van der Waals surface area contributed by atoms with Crippen LogP contribution in [0.5, 0.6) is 0 Å². The summed E-state index contributed by atoms with van der Waals surface area (Å²) in [5.41, 5.74) is 0.471. The molecule has 0 aliphatic carbocycles. The number of nitrogens with one attached hydrogen (secondary N) is 2. The Morgan fingerprint density at radius 2 is 0.944 bits per heavy atom. The molecule has 0 heterocycles. The van der Waals surface area contributed by atoms with Gasteiger partial charge < -0.3 is 20.8 Å². The molecule has 0 aromatic heterocycles. The number of halogens is 4. The summed E-state index contributed by atoms with van der Waals surface area (Å²) in [5, 5.41) is 24.3. The number of hydrogen-bond donors (Lipinski definition) is 4. The van der Waals surface area contributed by atoms with Crippen molar-refractivity contribution in [2.75, 3.05) is 10.6 Å². The zero-order valence-electron chi connectivity index (χ0n) is 9.56. The summed E-state index contributed by atoms with van der Waals surface area (Å²) in [6, 6.07) is 0. The lowest BCUT2D eigenvalue weighted by Crippen LogP contribution is -2.16. The maximum Gasteiger partial charge on any atom is 0.121 e. The van der Waals surface area contributed by atoms with Gasteiger partial charge in [-0.15, -0.1) is 0 Å². The second-order valence-electron chi connectivity index (χ2n) is 3.65. The summed E-state index contributed by atoms with van der Waals surface area (Å²) < 4.78 is 0. The third kappa shape index (κ3) is 3.47. The van der Waals surface area contributed by atoms with Crippen LogP contribution in [0.2, 0.25) is 20.1 Å². The van der Waals surface area contributed by atoms with Gasteiger partial charge in [0.25, 0.3) is 0 Å². The standard InChI is InChI=1S/C10H12Cl4N2O2/c1-3(17)15-9-5(11)7(13)10(16-4(2)18)8(14)6(9)12/h3-4,15-18H,1-2H3. The molecule has 0 spiro atoms. The van der Waals surface area contributed by atoms with Crippen molar-refractivity contribution in [2.24, 2.45) is 0 Å². The molecular formula is C10H12Cl4N2O2. The molecule has 0 saturated carbocycles. The summed E-state index contributed by atoms with van der Waals surface area (Å²) in [5.74, 6) is 0. The molecule has 4 N–H and O–H groups in total. The highest BCUT2D eigenvalue weighted by Crippen LogP contribution is 2.47. The summed E-state index contributed by atoms with van der Waals surface area (Å²) in [6.45, 7) is 2.99. The number of aliphatic hydroxyl groups is 2. The zero-order chi connectivity index (χ0) is 14.0. The van der Waals surface area contributed by atoms with Crippen LogP contribution in [0, 0.1) is 0 Å². The molecule has 0 amide bonds. The monoisotopic (exact) mass is 332 g/mol. The predicted octanol–water partition coefficient (Wildman–Crippen LogP) is 3.80. The molecule has 0 saturated heterocycles. The van der Waals surface area contributed by atoms with E-state index >= 15 is 0 Å². The number of benzene rings is 1. The third-order valence-corrected chi connectivity index (χ3v) is 3.68. The lowest BCUT2D eigenvalue weighted by Gasteiger charge is -2.19. The number of hydrogen-bond acceptors (Lipinski definition) is 4. The van der Waals surface area contributed by atoms with Crippen molar-refractivity contribution >= 4 is 57.8 Å². The van der Waals surface area contributed by atoms with Crippen LogP contribution in [-0.4, -0.2) is 22.7 Å². The average Bonchev–Trinajstić information content (AvgIpc) is 2.27. The molecule has 0 aliphatic heterocycles. The minimum atomic E-state index is -0.872. The topological polar surface area (TPSA) is 64.5 Å². The van der Waals surface area contributed by atoms with E-state index in [4.69, 9.17) is 46.4 Å². The maximum atomic E-state index is 9.28. The van der Waals surface area contributed by atoms with E-state index in [0.29, 0.717) is 0 Å². The van der Waals surface area contributed by atoms with E-state index in [0.717, 1.165) is 0 Å². The minimum absolute atomic E-state index is 0.107. The van der Waals surface area contributed by atoms with E-state index in [1.807, 2.05) is 0 Å². The molecule has 1 rings (SSSR count). The van der Waals surface area contributed by atoms with E-state index in [1.165, 1.54) is 13.8 Å². The van der Waals surface area contributed by atoms with Gasteiger partial charge in [0.15, 0.2) is 0 Å². The Labute approximate surface area is 125 Å². The highest BCUT2D eigenvalue weighted by molar-refractivity contribution is 6.52. The van der Waals surface area contributed by atoms with Crippen molar-refractivity contribution in [1.29, 1.82) is 0 Å². The molecule has 2 atom stereocenters. The normalized spacial score (nSPS) is 14.2. The molecule has 1 aromatic carbocycles. The lowest BCUT2D eigenvalue weighted by atomic mass is 10.2. The molecule has 102 valence electrons. The molecular weight excluding hydrogens is 322 g/mol. The van der Waals surface area contributed by atoms with E-state index in [-0.39, 0.29) is 31.5 Å².